The monoisotopic (exact) mass is 455 g/mol. The van der Waals surface area contributed by atoms with Gasteiger partial charge in [0, 0.05) is 15.7 Å². The molecule has 2 heterocycles. The fourth-order valence-electron chi connectivity index (χ4n) is 2.55. The first-order valence-corrected chi connectivity index (χ1v) is 9.31. The Bertz CT molecular complexity index is 1190. The molecule has 2 aromatic heterocycles. The van der Waals surface area contributed by atoms with E-state index in [2.05, 4.69) is 35.9 Å². The Labute approximate surface area is 172 Å². The van der Waals surface area contributed by atoms with E-state index in [1.807, 2.05) is 24.3 Å². The van der Waals surface area contributed by atoms with Gasteiger partial charge in [-0.15, -0.1) is 0 Å². The molecule has 2 aromatic carbocycles. The van der Waals surface area contributed by atoms with Crippen LogP contribution in [0.25, 0.3) is 11.4 Å². The Morgan fingerprint density at radius 1 is 1.14 bits per heavy atom. The number of nitrogens with zero attached hydrogens (tertiary/aromatic N) is 1. The van der Waals surface area contributed by atoms with E-state index in [0.29, 0.717) is 22.8 Å². The van der Waals surface area contributed by atoms with Crippen LogP contribution < -0.4 is 15.8 Å². The molecular formula is C20H14BrN3O5. The molecule has 0 atom stereocenters. The van der Waals surface area contributed by atoms with Gasteiger partial charge in [-0.3, -0.25) is 14.3 Å². The predicted octanol–water partition coefficient (Wildman–Crippen LogP) is 4.22. The van der Waals surface area contributed by atoms with Crippen molar-refractivity contribution in [3.05, 3.63) is 87.2 Å². The van der Waals surface area contributed by atoms with Crippen molar-refractivity contribution in [3.63, 3.8) is 0 Å². The second-order valence-corrected chi connectivity index (χ2v) is 6.90. The topological polar surface area (TPSA) is 110 Å². The summed E-state index contributed by atoms with van der Waals surface area (Å²) in [5, 5.41) is 6.37. The number of anilines is 1. The number of H-pyrrole nitrogens is 1. The molecule has 0 aliphatic carbocycles. The summed E-state index contributed by atoms with van der Waals surface area (Å²) in [7, 11) is 0. The standard InChI is InChI=1S/C20H14BrN3O5/c21-13-4-6-15(7-5-13)27-11-16-8-9-17(28-16)19(25)22-14-3-1-2-12(10-14)18-23-20(26)29-24-18/h1-10H,11H2,(H,22,25)(H,23,24,26). The maximum absolute atomic E-state index is 12.4. The quantitative estimate of drug-likeness (QED) is 0.450. The van der Waals surface area contributed by atoms with Gasteiger partial charge in [0.05, 0.1) is 0 Å². The molecular weight excluding hydrogens is 442 g/mol. The van der Waals surface area contributed by atoms with Crippen LogP contribution in [0, 0.1) is 0 Å². The number of carbonyl (C=O) groups excluding carboxylic acids is 1. The molecule has 0 radical (unpaired) electrons. The van der Waals surface area contributed by atoms with E-state index >= 15 is 0 Å². The summed E-state index contributed by atoms with van der Waals surface area (Å²) in [6, 6.07) is 17.5. The van der Waals surface area contributed by atoms with Crippen LogP contribution in [-0.2, 0) is 6.61 Å². The van der Waals surface area contributed by atoms with Gasteiger partial charge in [0.2, 0.25) is 0 Å². The Hall–Kier alpha value is -3.59. The lowest BCUT2D eigenvalue weighted by Gasteiger charge is -2.05. The molecule has 0 saturated heterocycles. The third-order valence-electron chi connectivity index (χ3n) is 3.91. The molecule has 0 saturated carbocycles. The van der Waals surface area contributed by atoms with Gasteiger partial charge >= 0.3 is 5.76 Å². The number of hydrogen-bond donors (Lipinski definition) is 2. The van der Waals surface area contributed by atoms with Gasteiger partial charge in [0.25, 0.3) is 5.91 Å². The van der Waals surface area contributed by atoms with Crippen molar-refractivity contribution in [1.29, 1.82) is 0 Å². The molecule has 4 aromatic rings. The average molecular weight is 456 g/mol. The molecule has 0 bridgehead atoms. The van der Waals surface area contributed by atoms with E-state index < -0.39 is 11.7 Å². The van der Waals surface area contributed by atoms with Crippen LogP contribution in [0.2, 0.25) is 0 Å². The van der Waals surface area contributed by atoms with Crippen LogP contribution in [0.1, 0.15) is 16.3 Å². The number of halogens is 1. The Balaban J connectivity index is 1.40. The Kier molecular flexibility index (Phi) is 5.30. The van der Waals surface area contributed by atoms with Gasteiger partial charge in [-0.2, -0.15) is 0 Å². The molecule has 0 fully saturated rings. The first kappa shape index (κ1) is 18.8. The SMILES string of the molecule is O=C(Nc1cccc(-c2noc(=O)[nH]2)c1)c1ccc(COc2ccc(Br)cc2)o1. The number of amides is 1. The van der Waals surface area contributed by atoms with E-state index in [4.69, 9.17) is 9.15 Å². The summed E-state index contributed by atoms with van der Waals surface area (Å²) < 4.78 is 16.6. The van der Waals surface area contributed by atoms with Crippen molar-refractivity contribution >= 4 is 27.5 Å². The zero-order valence-corrected chi connectivity index (χ0v) is 16.4. The van der Waals surface area contributed by atoms with Crippen LogP contribution in [0.5, 0.6) is 5.75 Å². The average Bonchev–Trinajstić information content (AvgIpc) is 3.37. The number of carbonyl (C=O) groups is 1. The van der Waals surface area contributed by atoms with Crippen molar-refractivity contribution in [3.8, 4) is 17.1 Å². The molecule has 0 aliphatic rings. The highest BCUT2D eigenvalue weighted by molar-refractivity contribution is 9.10. The second kappa shape index (κ2) is 8.19. The highest BCUT2D eigenvalue weighted by Gasteiger charge is 2.13. The summed E-state index contributed by atoms with van der Waals surface area (Å²) in [6.45, 7) is 0.198. The number of ether oxygens (including phenoxy) is 1. The number of benzene rings is 2. The molecule has 29 heavy (non-hydrogen) atoms. The minimum Gasteiger partial charge on any atom is -0.486 e. The molecule has 4 rings (SSSR count). The summed E-state index contributed by atoms with van der Waals surface area (Å²) in [5.74, 6) is 0.579. The second-order valence-electron chi connectivity index (χ2n) is 5.99. The molecule has 0 unspecified atom stereocenters. The van der Waals surface area contributed by atoms with Crippen molar-refractivity contribution in [2.24, 2.45) is 0 Å². The number of hydrogen-bond acceptors (Lipinski definition) is 6. The number of rotatable bonds is 6. The number of nitrogens with one attached hydrogen (secondary N) is 2. The summed E-state index contributed by atoms with van der Waals surface area (Å²) in [4.78, 5) is 26.0. The Morgan fingerprint density at radius 2 is 1.97 bits per heavy atom. The molecule has 0 spiro atoms. The summed E-state index contributed by atoms with van der Waals surface area (Å²) in [5.41, 5.74) is 1.11. The van der Waals surface area contributed by atoms with E-state index in [0.717, 1.165) is 4.47 Å². The van der Waals surface area contributed by atoms with Gasteiger partial charge in [0.1, 0.15) is 18.1 Å². The van der Waals surface area contributed by atoms with E-state index in [1.165, 1.54) is 0 Å². The minimum absolute atomic E-state index is 0.152. The van der Waals surface area contributed by atoms with Gasteiger partial charge in [-0.25, -0.2) is 4.79 Å². The summed E-state index contributed by atoms with van der Waals surface area (Å²) >= 11 is 3.36. The van der Waals surface area contributed by atoms with Crippen LogP contribution in [-0.4, -0.2) is 16.0 Å². The summed E-state index contributed by atoms with van der Waals surface area (Å²) in [6.07, 6.45) is 0. The zero-order chi connectivity index (χ0) is 20.2. The van der Waals surface area contributed by atoms with E-state index in [-0.39, 0.29) is 18.2 Å². The molecule has 8 nitrogen and oxygen atoms in total. The Morgan fingerprint density at radius 3 is 2.72 bits per heavy atom. The van der Waals surface area contributed by atoms with Crippen molar-refractivity contribution < 1.29 is 18.5 Å². The highest BCUT2D eigenvalue weighted by atomic mass is 79.9. The van der Waals surface area contributed by atoms with Gasteiger partial charge in [0.15, 0.2) is 11.6 Å². The first-order chi connectivity index (χ1) is 14.1. The molecule has 2 N–H and O–H groups in total. The third-order valence-corrected chi connectivity index (χ3v) is 4.44. The number of furan rings is 1. The number of aromatic nitrogens is 2. The maximum atomic E-state index is 12.4. The fourth-order valence-corrected chi connectivity index (χ4v) is 2.82. The van der Waals surface area contributed by atoms with Crippen molar-refractivity contribution in [2.45, 2.75) is 6.61 Å². The first-order valence-electron chi connectivity index (χ1n) is 8.52. The maximum Gasteiger partial charge on any atom is 0.439 e. The largest absolute Gasteiger partial charge is 0.486 e. The van der Waals surface area contributed by atoms with Crippen LogP contribution >= 0.6 is 15.9 Å². The van der Waals surface area contributed by atoms with Crippen LogP contribution in [0.3, 0.4) is 0 Å². The highest BCUT2D eigenvalue weighted by Crippen LogP contribution is 2.21. The van der Waals surface area contributed by atoms with Crippen molar-refractivity contribution in [1.82, 2.24) is 10.1 Å². The van der Waals surface area contributed by atoms with Crippen LogP contribution in [0.4, 0.5) is 5.69 Å². The van der Waals surface area contributed by atoms with Crippen LogP contribution in [0.15, 0.2) is 78.9 Å². The fraction of sp³-hybridized carbons (Fsp3) is 0.0500. The lowest BCUT2D eigenvalue weighted by Crippen LogP contribution is -2.11. The molecule has 0 aliphatic heterocycles. The lowest BCUT2D eigenvalue weighted by atomic mass is 10.2. The van der Waals surface area contributed by atoms with E-state index in [1.54, 1.807) is 36.4 Å². The smallest absolute Gasteiger partial charge is 0.439 e. The van der Waals surface area contributed by atoms with Gasteiger partial charge < -0.3 is 14.5 Å². The molecule has 9 heteroatoms. The van der Waals surface area contributed by atoms with E-state index in [9.17, 15) is 9.59 Å². The third kappa shape index (κ3) is 4.64. The molecule has 1 amide bonds. The lowest BCUT2D eigenvalue weighted by molar-refractivity contribution is 0.0992. The normalized spacial score (nSPS) is 10.7. The number of aromatic amines is 1. The predicted molar refractivity (Wildman–Crippen MR) is 108 cm³/mol. The zero-order valence-electron chi connectivity index (χ0n) is 14.8. The molecule has 146 valence electrons. The minimum atomic E-state index is -0.650. The van der Waals surface area contributed by atoms with Gasteiger partial charge in [-0.1, -0.05) is 33.2 Å². The van der Waals surface area contributed by atoms with Gasteiger partial charge in [-0.05, 0) is 48.5 Å². The van der Waals surface area contributed by atoms with Crippen molar-refractivity contribution in [2.75, 3.05) is 5.32 Å².